The third-order valence-electron chi connectivity index (χ3n) is 3.17. The third-order valence-corrected chi connectivity index (χ3v) is 4.35. The summed E-state index contributed by atoms with van der Waals surface area (Å²) in [5.41, 5.74) is 0.660. The molecule has 1 aromatic rings. The Morgan fingerprint density at radius 3 is 3.11 bits per heavy atom. The molecular weight excluding hydrogens is 363 g/mol. The predicted octanol–water partition coefficient (Wildman–Crippen LogP) is 2.67. The Hall–Kier alpha value is -0.330. The van der Waals surface area contributed by atoms with Gasteiger partial charge in [0.2, 0.25) is 0 Å². The van der Waals surface area contributed by atoms with Gasteiger partial charge in [-0.15, -0.1) is 0 Å². The summed E-state index contributed by atoms with van der Waals surface area (Å²) in [5, 5.41) is 6.89. The molecule has 0 spiro atoms. The molecule has 1 saturated heterocycles. The van der Waals surface area contributed by atoms with Crippen molar-refractivity contribution in [1.82, 2.24) is 10.6 Å². The van der Waals surface area contributed by atoms with Crippen LogP contribution in [0.2, 0.25) is 5.02 Å². The lowest BCUT2D eigenvalue weighted by molar-refractivity contribution is 0.0951. The van der Waals surface area contributed by atoms with E-state index in [2.05, 4.69) is 33.2 Å². The van der Waals surface area contributed by atoms with E-state index in [1.54, 1.807) is 12.1 Å². The summed E-state index contributed by atoms with van der Waals surface area (Å²) < 4.78 is 0.928. The second-order valence-electron chi connectivity index (χ2n) is 4.53. The summed E-state index contributed by atoms with van der Waals surface area (Å²) in [6, 6.07) is 5.37. The maximum Gasteiger partial charge on any atom is 0.252 e. The van der Waals surface area contributed by atoms with Gasteiger partial charge in [0.05, 0.1) is 5.56 Å². The van der Waals surface area contributed by atoms with Gasteiger partial charge >= 0.3 is 0 Å². The van der Waals surface area contributed by atoms with E-state index in [0.717, 1.165) is 29.6 Å². The molecule has 18 heavy (non-hydrogen) atoms. The zero-order valence-electron chi connectivity index (χ0n) is 10.0. The summed E-state index contributed by atoms with van der Waals surface area (Å²) in [4.78, 5) is 12.0. The van der Waals surface area contributed by atoms with Gasteiger partial charge in [0.25, 0.3) is 5.91 Å². The minimum Gasteiger partial charge on any atom is -0.352 e. The first-order chi connectivity index (χ1) is 8.66. The zero-order chi connectivity index (χ0) is 13.0. The molecule has 1 fully saturated rings. The number of nitrogens with one attached hydrogen (secondary N) is 2. The van der Waals surface area contributed by atoms with E-state index in [-0.39, 0.29) is 5.91 Å². The van der Waals surface area contributed by atoms with Crippen LogP contribution in [0.4, 0.5) is 0 Å². The molecule has 1 atom stereocenters. The summed E-state index contributed by atoms with van der Waals surface area (Å²) in [6.07, 6.45) is 2.25. The molecule has 1 aliphatic heterocycles. The van der Waals surface area contributed by atoms with Gasteiger partial charge in [-0.05, 0) is 72.6 Å². The number of halogens is 2. The summed E-state index contributed by atoms with van der Waals surface area (Å²) in [5.74, 6) is 0.664. The fourth-order valence-electron chi connectivity index (χ4n) is 2.12. The SMILES string of the molecule is O=C(NCCC1CCNC1)c1cc(Cl)ccc1I. The van der Waals surface area contributed by atoms with Crippen molar-refractivity contribution in [3.63, 3.8) is 0 Å². The first-order valence-corrected chi connectivity index (χ1v) is 7.56. The average Bonchev–Trinajstić information content (AvgIpc) is 2.85. The van der Waals surface area contributed by atoms with Crippen molar-refractivity contribution >= 4 is 40.1 Å². The van der Waals surface area contributed by atoms with Crippen LogP contribution in [-0.2, 0) is 0 Å². The first-order valence-electron chi connectivity index (χ1n) is 6.11. The predicted molar refractivity (Wildman–Crippen MR) is 82.1 cm³/mol. The lowest BCUT2D eigenvalue weighted by atomic mass is 10.1. The Kier molecular flexibility index (Phi) is 5.26. The molecule has 1 amide bonds. The van der Waals surface area contributed by atoms with Crippen LogP contribution in [-0.4, -0.2) is 25.5 Å². The van der Waals surface area contributed by atoms with Gasteiger partial charge < -0.3 is 10.6 Å². The van der Waals surface area contributed by atoms with E-state index in [1.165, 1.54) is 6.42 Å². The van der Waals surface area contributed by atoms with E-state index in [4.69, 9.17) is 11.6 Å². The number of amides is 1. The van der Waals surface area contributed by atoms with Crippen molar-refractivity contribution < 1.29 is 4.79 Å². The number of carbonyl (C=O) groups is 1. The molecule has 1 aromatic carbocycles. The summed E-state index contributed by atoms with van der Waals surface area (Å²) >= 11 is 8.06. The quantitative estimate of drug-likeness (QED) is 0.791. The van der Waals surface area contributed by atoms with Crippen LogP contribution in [0, 0.1) is 9.49 Å². The van der Waals surface area contributed by atoms with Crippen molar-refractivity contribution in [2.75, 3.05) is 19.6 Å². The minimum absolute atomic E-state index is 0.0344. The highest BCUT2D eigenvalue weighted by Crippen LogP contribution is 2.18. The van der Waals surface area contributed by atoms with E-state index >= 15 is 0 Å². The van der Waals surface area contributed by atoms with Gasteiger partial charge in [0.1, 0.15) is 0 Å². The largest absolute Gasteiger partial charge is 0.352 e. The van der Waals surface area contributed by atoms with Crippen molar-refractivity contribution in [2.45, 2.75) is 12.8 Å². The average molecular weight is 379 g/mol. The lowest BCUT2D eigenvalue weighted by Gasteiger charge is -2.10. The molecule has 98 valence electrons. The number of rotatable bonds is 4. The molecule has 2 N–H and O–H groups in total. The van der Waals surface area contributed by atoms with Crippen LogP contribution in [0.15, 0.2) is 18.2 Å². The van der Waals surface area contributed by atoms with Gasteiger partial charge in [-0.1, -0.05) is 11.6 Å². The molecule has 0 aliphatic carbocycles. The molecule has 0 saturated carbocycles. The molecule has 0 radical (unpaired) electrons. The Labute approximate surface area is 126 Å². The third kappa shape index (κ3) is 3.83. The highest BCUT2D eigenvalue weighted by Gasteiger charge is 2.15. The van der Waals surface area contributed by atoms with Gasteiger partial charge in [-0.25, -0.2) is 0 Å². The molecule has 0 aromatic heterocycles. The monoisotopic (exact) mass is 378 g/mol. The van der Waals surface area contributed by atoms with Crippen LogP contribution in [0.1, 0.15) is 23.2 Å². The van der Waals surface area contributed by atoms with Gasteiger partial charge in [0.15, 0.2) is 0 Å². The highest BCUT2D eigenvalue weighted by atomic mass is 127. The van der Waals surface area contributed by atoms with Crippen LogP contribution in [0.25, 0.3) is 0 Å². The topological polar surface area (TPSA) is 41.1 Å². The molecule has 1 unspecified atom stereocenters. The van der Waals surface area contributed by atoms with Gasteiger partial charge in [-0.2, -0.15) is 0 Å². The zero-order valence-corrected chi connectivity index (χ0v) is 12.9. The molecular formula is C13H16ClIN2O. The first kappa shape index (κ1) is 14.1. The Bertz CT molecular complexity index is 433. The molecule has 1 heterocycles. The Balaban J connectivity index is 1.85. The molecule has 0 bridgehead atoms. The van der Waals surface area contributed by atoms with E-state index in [9.17, 15) is 4.79 Å². The fourth-order valence-corrected chi connectivity index (χ4v) is 2.87. The normalized spacial score (nSPS) is 18.9. The Morgan fingerprint density at radius 1 is 1.56 bits per heavy atom. The van der Waals surface area contributed by atoms with E-state index < -0.39 is 0 Å². The maximum absolute atomic E-state index is 12.0. The molecule has 1 aliphatic rings. The Morgan fingerprint density at radius 2 is 2.39 bits per heavy atom. The molecule has 2 rings (SSSR count). The highest BCUT2D eigenvalue weighted by molar-refractivity contribution is 14.1. The van der Waals surface area contributed by atoms with Crippen LogP contribution >= 0.6 is 34.2 Å². The van der Waals surface area contributed by atoms with E-state index in [0.29, 0.717) is 16.5 Å². The molecule has 5 heteroatoms. The number of hydrogen-bond acceptors (Lipinski definition) is 2. The smallest absolute Gasteiger partial charge is 0.252 e. The minimum atomic E-state index is -0.0344. The number of hydrogen-bond donors (Lipinski definition) is 2. The van der Waals surface area contributed by atoms with Crippen LogP contribution < -0.4 is 10.6 Å². The summed E-state index contributed by atoms with van der Waals surface area (Å²) in [6.45, 7) is 2.91. The van der Waals surface area contributed by atoms with E-state index in [1.807, 2.05) is 6.07 Å². The maximum atomic E-state index is 12.0. The van der Waals surface area contributed by atoms with Crippen LogP contribution in [0.5, 0.6) is 0 Å². The fraction of sp³-hybridized carbons (Fsp3) is 0.462. The van der Waals surface area contributed by atoms with Crippen molar-refractivity contribution in [3.05, 3.63) is 32.4 Å². The van der Waals surface area contributed by atoms with Crippen molar-refractivity contribution in [1.29, 1.82) is 0 Å². The van der Waals surface area contributed by atoms with Crippen molar-refractivity contribution in [2.24, 2.45) is 5.92 Å². The van der Waals surface area contributed by atoms with Gasteiger partial charge in [0, 0.05) is 15.1 Å². The summed E-state index contributed by atoms with van der Waals surface area (Å²) in [7, 11) is 0. The van der Waals surface area contributed by atoms with Crippen LogP contribution in [0.3, 0.4) is 0 Å². The second kappa shape index (κ2) is 6.73. The van der Waals surface area contributed by atoms with Crippen molar-refractivity contribution in [3.8, 4) is 0 Å². The number of benzene rings is 1. The number of carbonyl (C=O) groups excluding carboxylic acids is 1. The molecule has 3 nitrogen and oxygen atoms in total. The standard InChI is InChI=1S/C13H16ClIN2O/c14-10-1-2-12(15)11(7-10)13(18)17-6-4-9-3-5-16-8-9/h1-2,7,9,16H,3-6,8H2,(H,17,18). The van der Waals surface area contributed by atoms with Gasteiger partial charge in [-0.3, -0.25) is 4.79 Å². The second-order valence-corrected chi connectivity index (χ2v) is 6.13. The lowest BCUT2D eigenvalue weighted by Crippen LogP contribution is -2.27.